The molecule has 2 heteroatoms. The summed E-state index contributed by atoms with van der Waals surface area (Å²) in [5.74, 6) is 1.49. The molecule has 2 atom stereocenters. The van der Waals surface area contributed by atoms with Crippen molar-refractivity contribution in [1.29, 1.82) is 0 Å². The summed E-state index contributed by atoms with van der Waals surface area (Å²) in [6.45, 7) is 5.02. The van der Waals surface area contributed by atoms with Gasteiger partial charge in [-0.2, -0.15) is 0 Å². The van der Waals surface area contributed by atoms with Crippen LogP contribution in [0.1, 0.15) is 42.4 Å². The van der Waals surface area contributed by atoms with E-state index in [1.807, 2.05) is 6.07 Å². The minimum absolute atomic E-state index is 0.317. The zero-order valence-corrected chi connectivity index (χ0v) is 12.8. The molecule has 2 unspecified atom stereocenters. The Morgan fingerprint density at radius 3 is 2.62 bits per heavy atom. The van der Waals surface area contributed by atoms with Gasteiger partial charge in [-0.3, -0.25) is 0 Å². The van der Waals surface area contributed by atoms with Crippen LogP contribution in [0.5, 0.6) is 5.75 Å². The third-order valence-electron chi connectivity index (χ3n) is 4.46. The number of ether oxygens (including phenoxy) is 1. The van der Waals surface area contributed by atoms with Crippen molar-refractivity contribution in [1.82, 2.24) is 0 Å². The number of hydrogen-bond donors (Lipinski definition) is 1. The van der Waals surface area contributed by atoms with Crippen LogP contribution < -0.4 is 10.5 Å². The summed E-state index contributed by atoms with van der Waals surface area (Å²) in [5.41, 5.74) is 10.1. The number of aryl methyl sites for hydroxylation is 1. The minimum atomic E-state index is -0.317. The van der Waals surface area contributed by atoms with Crippen LogP contribution in [0.15, 0.2) is 48.5 Å². The first-order valence-electron chi connectivity index (χ1n) is 7.64. The third-order valence-corrected chi connectivity index (χ3v) is 4.46. The van der Waals surface area contributed by atoms with Gasteiger partial charge in [0.2, 0.25) is 0 Å². The van der Waals surface area contributed by atoms with E-state index in [2.05, 4.69) is 56.3 Å². The Kier molecular flexibility index (Phi) is 3.73. The second-order valence-electron chi connectivity index (χ2n) is 6.36. The fraction of sp³-hybridized carbons (Fsp3) is 0.368. The number of hydrogen-bond acceptors (Lipinski definition) is 2. The molecular formula is C19H23NO. The highest BCUT2D eigenvalue weighted by atomic mass is 16.5. The van der Waals surface area contributed by atoms with E-state index in [4.69, 9.17) is 10.5 Å². The van der Waals surface area contributed by atoms with Crippen molar-refractivity contribution in [3.8, 4) is 5.75 Å². The van der Waals surface area contributed by atoms with E-state index >= 15 is 0 Å². The SMILES string of the molecule is Cc1ccc(C(C)(N)CC2CCOc3ccccc32)cc1. The number of nitrogens with two attached hydrogens (primary N) is 1. The summed E-state index contributed by atoms with van der Waals surface area (Å²) in [6.07, 6.45) is 1.98. The first-order valence-corrected chi connectivity index (χ1v) is 7.64. The van der Waals surface area contributed by atoms with Crippen LogP contribution in [0.4, 0.5) is 0 Å². The molecule has 0 saturated heterocycles. The monoisotopic (exact) mass is 281 g/mol. The number of benzene rings is 2. The van der Waals surface area contributed by atoms with Crippen molar-refractivity contribution in [2.45, 2.75) is 38.1 Å². The molecule has 2 nitrogen and oxygen atoms in total. The van der Waals surface area contributed by atoms with E-state index in [-0.39, 0.29) is 5.54 Å². The van der Waals surface area contributed by atoms with Crippen LogP contribution in [-0.2, 0) is 5.54 Å². The average molecular weight is 281 g/mol. The fourth-order valence-electron chi connectivity index (χ4n) is 3.19. The molecule has 2 N–H and O–H groups in total. The van der Waals surface area contributed by atoms with Gasteiger partial charge in [0, 0.05) is 5.54 Å². The van der Waals surface area contributed by atoms with Crippen LogP contribution in [-0.4, -0.2) is 6.61 Å². The van der Waals surface area contributed by atoms with Gasteiger partial charge in [-0.1, -0.05) is 48.0 Å². The summed E-state index contributed by atoms with van der Waals surface area (Å²) in [6, 6.07) is 16.9. The fourth-order valence-corrected chi connectivity index (χ4v) is 3.19. The lowest BCUT2D eigenvalue weighted by atomic mass is 9.79. The lowest BCUT2D eigenvalue weighted by molar-refractivity contribution is 0.247. The smallest absolute Gasteiger partial charge is 0.122 e. The molecule has 3 rings (SSSR count). The lowest BCUT2D eigenvalue weighted by Crippen LogP contribution is -2.35. The third kappa shape index (κ3) is 2.96. The van der Waals surface area contributed by atoms with E-state index in [0.29, 0.717) is 5.92 Å². The Hall–Kier alpha value is -1.80. The van der Waals surface area contributed by atoms with E-state index in [1.54, 1.807) is 0 Å². The minimum Gasteiger partial charge on any atom is -0.493 e. The molecule has 0 fully saturated rings. The summed E-state index contributed by atoms with van der Waals surface area (Å²) in [5, 5.41) is 0. The molecule has 0 radical (unpaired) electrons. The van der Waals surface area contributed by atoms with Crippen molar-refractivity contribution < 1.29 is 4.74 Å². The maximum absolute atomic E-state index is 6.64. The Labute approximate surface area is 126 Å². The standard InChI is InChI=1S/C19H23NO/c1-14-7-9-16(10-8-14)19(2,20)13-15-11-12-21-18-6-4-3-5-17(15)18/h3-10,15H,11-13,20H2,1-2H3. The van der Waals surface area contributed by atoms with Gasteiger partial charge in [-0.05, 0) is 49.8 Å². The zero-order chi connectivity index (χ0) is 14.9. The quantitative estimate of drug-likeness (QED) is 0.918. The van der Waals surface area contributed by atoms with Crippen LogP contribution in [0.3, 0.4) is 0 Å². The Balaban J connectivity index is 1.84. The first kappa shape index (κ1) is 14.2. The van der Waals surface area contributed by atoms with Crippen molar-refractivity contribution in [2.75, 3.05) is 6.61 Å². The molecular weight excluding hydrogens is 258 g/mol. The summed E-state index contributed by atoms with van der Waals surface area (Å²) in [7, 11) is 0. The normalized spacial score (nSPS) is 20.2. The van der Waals surface area contributed by atoms with Crippen molar-refractivity contribution >= 4 is 0 Å². The number of rotatable bonds is 3. The molecule has 110 valence electrons. The summed E-state index contributed by atoms with van der Waals surface area (Å²) < 4.78 is 5.75. The van der Waals surface area contributed by atoms with Crippen LogP contribution in [0.2, 0.25) is 0 Å². The molecule has 0 saturated carbocycles. The van der Waals surface area contributed by atoms with Crippen molar-refractivity contribution in [3.05, 3.63) is 65.2 Å². The second kappa shape index (κ2) is 5.53. The molecule has 2 aromatic rings. The van der Waals surface area contributed by atoms with Gasteiger partial charge in [-0.15, -0.1) is 0 Å². The maximum atomic E-state index is 6.64. The van der Waals surface area contributed by atoms with Crippen LogP contribution in [0, 0.1) is 6.92 Å². The molecule has 1 heterocycles. The highest BCUT2D eigenvalue weighted by Crippen LogP contribution is 2.40. The Morgan fingerprint density at radius 1 is 1.14 bits per heavy atom. The van der Waals surface area contributed by atoms with Gasteiger partial charge in [0.05, 0.1) is 6.61 Å². The van der Waals surface area contributed by atoms with E-state index in [9.17, 15) is 0 Å². The molecule has 1 aliphatic rings. The molecule has 0 amide bonds. The van der Waals surface area contributed by atoms with Gasteiger partial charge < -0.3 is 10.5 Å². The summed E-state index contributed by atoms with van der Waals surface area (Å²) in [4.78, 5) is 0. The molecule has 0 aliphatic carbocycles. The number of para-hydroxylation sites is 1. The highest BCUT2D eigenvalue weighted by molar-refractivity contribution is 5.38. The molecule has 1 aliphatic heterocycles. The first-order chi connectivity index (χ1) is 10.1. The topological polar surface area (TPSA) is 35.2 Å². The second-order valence-corrected chi connectivity index (χ2v) is 6.36. The van der Waals surface area contributed by atoms with Gasteiger partial charge in [0.1, 0.15) is 5.75 Å². The number of fused-ring (bicyclic) bond motifs is 1. The largest absolute Gasteiger partial charge is 0.493 e. The van der Waals surface area contributed by atoms with Gasteiger partial charge in [0.15, 0.2) is 0 Å². The zero-order valence-electron chi connectivity index (χ0n) is 12.8. The van der Waals surface area contributed by atoms with E-state index in [0.717, 1.165) is 25.2 Å². The van der Waals surface area contributed by atoms with Gasteiger partial charge >= 0.3 is 0 Å². The summed E-state index contributed by atoms with van der Waals surface area (Å²) >= 11 is 0. The molecule has 0 bridgehead atoms. The molecule has 0 aromatic heterocycles. The van der Waals surface area contributed by atoms with Crippen molar-refractivity contribution in [2.24, 2.45) is 5.73 Å². The van der Waals surface area contributed by atoms with Gasteiger partial charge in [0.25, 0.3) is 0 Å². The van der Waals surface area contributed by atoms with Crippen molar-refractivity contribution in [3.63, 3.8) is 0 Å². The lowest BCUT2D eigenvalue weighted by Gasteiger charge is -2.33. The Bertz CT molecular complexity index is 616. The highest BCUT2D eigenvalue weighted by Gasteiger charge is 2.30. The van der Waals surface area contributed by atoms with Crippen LogP contribution in [0.25, 0.3) is 0 Å². The van der Waals surface area contributed by atoms with Gasteiger partial charge in [-0.25, -0.2) is 0 Å². The molecule has 2 aromatic carbocycles. The van der Waals surface area contributed by atoms with Crippen LogP contribution >= 0.6 is 0 Å². The Morgan fingerprint density at radius 2 is 1.86 bits per heavy atom. The average Bonchev–Trinajstić information content (AvgIpc) is 2.48. The van der Waals surface area contributed by atoms with E-state index < -0.39 is 0 Å². The molecule has 21 heavy (non-hydrogen) atoms. The predicted molar refractivity (Wildman–Crippen MR) is 86.6 cm³/mol. The van der Waals surface area contributed by atoms with E-state index in [1.165, 1.54) is 16.7 Å². The predicted octanol–water partition coefficient (Wildman–Crippen LogP) is 4.13. The molecule has 0 spiro atoms. The maximum Gasteiger partial charge on any atom is 0.122 e.